The number of rotatable bonds is 6. The van der Waals surface area contributed by atoms with Gasteiger partial charge >= 0.3 is 5.82 Å². The Morgan fingerprint density at radius 3 is 2.38 bits per heavy atom. The van der Waals surface area contributed by atoms with Crippen molar-refractivity contribution in [2.75, 3.05) is 0 Å². The Morgan fingerprint density at radius 2 is 1.69 bits per heavy atom. The summed E-state index contributed by atoms with van der Waals surface area (Å²) in [5, 5.41) is 16.0. The minimum atomic E-state index is -0.534. The first kappa shape index (κ1) is 18.4. The van der Waals surface area contributed by atoms with E-state index in [9.17, 15) is 10.1 Å². The van der Waals surface area contributed by atoms with E-state index in [0.717, 1.165) is 22.5 Å². The molecule has 0 radical (unpaired) electrons. The van der Waals surface area contributed by atoms with E-state index in [-0.39, 0.29) is 18.2 Å². The van der Waals surface area contributed by atoms with E-state index in [4.69, 9.17) is 9.84 Å². The van der Waals surface area contributed by atoms with Gasteiger partial charge in [-0.05, 0) is 34.2 Å². The van der Waals surface area contributed by atoms with E-state index in [2.05, 4.69) is 4.98 Å². The lowest BCUT2D eigenvalue weighted by molar-refractivity contribution is -0.390. The summed E-state index contributed by atoms with van der Waals surface area (Å²) in [6, 6.07) is 22.8. The average Bonchev–Trinajstić information content (AvgIpc) is 3.18. The van der Waals surface area contributed by atoms with Crippen molar-refractivity contribution in [3.63, 3.8) is 0 Å². The van der Waals surface area contributed by atoms with Crippen LogP contribution < -0.4 is 4.74 Å². The maximum atomic E-state index is 11.3. The Kier molecular flexibility index (Phi) is 5.03. The lowest BCUT2D eigenvalue weighted by atomic mass is 10.1. The fourth-order valence-corrected chi connectivity index (χ4v) is 3.00. The lowest BCUT2D eigenvalue weighted by Crippen LogP contribution is -2.02. The van der Waals surface area contributed by atoms with E-state index in [1.54, 1.807) is 23.7 Å². The van der Waals surface area contributed by atoms with Gasteiger partial charge in [-0.15, -0.1) is 0 Å². The second-order valence-electron chi connectivity index (χ2n) is 6.47. The fraction of sp³-hybridized carbons (Fsp3) is 0.0909. The highest BCUT2D eigenvalue weighted by Crippen LogP contribution is 2.28. The van der Waals surface area contributed by atoms with Crippen LogP contribution in [0.4, 0.5) is 5.82 Å². The van der Waals surface area contributed by atoms with Crippen LogP contribution in [-0.4, -0.2) is 19.7 Å². The molecule has 7 nitrogen and oxygen atoms in total. The van der Waals surface area contributed by atoms with Gasteiger partial charge in [0.2, 0.25) is 5.75 Å². The van der Waals surface area contributed by atoms with Crippen molar-refractivity contribution in [3.05, 3.63) is 100 Å². The van der Waals surface area contributed by atoms with Gasteiger partial charge < -0.3 is 14.9 Å². The van der Waals surface area contributed by atoms with Crippen molar-refractivity contribution in [2.24, 2.45) is 0 Å². The number of para-hydroxylation sites is 1. The molecule has 2 aromatic carbocycles. The van der Waals surface area contributed by atoms with Crippen molar-refractivity contribution >= 4 is 5.82 Å². The van der Waals surface area contributed by atoms with Gasteiger partial charge in [-0.3, -0.25) is 0 Å². The molecule has 0 bridgehead atoms. The normalized spacial score (nSPS) is 10.7. The largest absolute Gasteiger partial charge is 0.481 e. The van der Waals surface area contributed by atoms with Gasteiger partial charge in [0.15, 0.2) is 0 Å². The van der Waals surface area contributed by atoms with Gasteiger partial charge in [0.05, 0.1) is 11.4 Å². The first-order valence-corrected chi connectivity index (χ1v) is 9.06. The van der Waals surface area contributed by atoms with Crippen LogP contribution in [0, 0.1) is 17.0 Å². The zero-order chi connectivity index (χ0) is 20.2. The van der Waals surface area contributed by atoms with Crippen LogP contribution in [0.2, 0.25) is 0 Å². The molecule has 4 aromatic rings. The number of hydrogen-bond donors (Lipinski definition) is 0. The van der Waals surface area contributed by atoms with Crippen molar-refractivity contribution in [2.45, 2.75) is 13.5 Å². The maximum Gasteiger partial charge on any atom is 0.406 e. The first-order chi connectivity index (χ1) is 14.1. The molecule has 0 saturated carbocycles. The minimum Gasteiger partial charge on any atom is -0.481 e. The molecule has 0 atom stereocenters. The summed E-state index contributed by atoms with van der Waals surface area (Å²) in [7, 11) is 0. The number of aromatic nitrogens is 3. The van der Waals surface area contributed by atoms with Crippen LogP contribution >= 0.6 is 0 Å². The standard InChI is InChI=1S/C22H18N4O3/c1-16-12-13-20(22(23-16)26(27)28)29-15-18-14-25(19-10-6-3-7-11-19)24-21(18)17-8-4-2-5-9-17/h2-14H,15H2,1H3. The van der Waals surface area contributed by atoms with Crippen LogP contribution in [0.3, 0.4) is 0 Å². The second kappa shape index (κ2) is 7.93. The van der Waals surface area contributed by atoms with Crippen molar-refractivity contribution < 1.29 is 9.66 Å². The molecule has 0 spiro atoms. The third kappa shape index (κ3) is 3.98. The van der Waals surface area contributed by atoms with Gasteiger partial charge in [0, 0.05) is 24.2 Å². The molecular formula is C22H18N4O3. The molecule has 2 heterocycles. The Balaban J connectivity index is 1.70. The predicted molar refractivity (Wildman–Crippen MR) is 109 cm³/mol. The predicted octanol–water partition coefficient (Wildman–Crippen LogP) is 4.73. The molecule has 0 fully saturated rings. The summed E-state index contributed by atoms with van der Waals surface area (Å²) in [5.41, 5.74) is 3.99. The number of ether oxygens (including phenoxy) is 1. The summed E-state index contributed by atoms with van der Waals surface area (Å²) in [4.78, 5) is 14.7. The zero-order valence-electron chi connectivity index (χ0n) is 15.7. The third-order valence-electron chi connectivity index (χ3n) is 4.39. The van der Waals surface area contributed by atoms with Crippen LogP contribution in [0.5, 0.6) is 5.75 Å². The number of nitrogens with zero attached hydrogens (tertiary/aromatic N) is 4. The summed E-state index contributed by atoms with van der Waals surface area (Å²) < 4.78 is 7.57. The summed E-state index contributed by atoms with van der Waals surface area (Å²) in [5.74, 6) is -0.159. The van der Waals surface area contributed by atoms with Crippen molar-refractivity contribution in [1.29, 1.82) is 0 Å². The molecule has 0 saturated heterocycles. The molecule has 0 aliphatic carbocycles. The monoisotopic (exact) mass is 386 g/mol. The van der Waals surface area contributed by atoms with Crippen LogP contribution in [0.1, 0.15) is 11.3 Å². The maximum absolute atomic E-state index is 11.3. The molecule has 0 unspecified atom stereocenters. The zero-order valence-corrected chi connectivity index (χ0v) is 15.7. The van der Waals surface area contributed by atoms with E-state index in [1.165, 1.54) is 0 Å². The number of hydrogen-bond acceptors (Lipinski definition) is 5. The van der Waals surface area contributed by atoms with Gasteiger partial charge in [-0.25, -0.2) is 4.68 Å². The number of pyridine rings is 1. The lowest BCUT2D eigenvalue weighted by Gasteiger charge is -2.07. The molecule has 0 amide bonds. The van der Waals surface area contributed by atoms with Gasteiger partial charge in [-0.2, -0.15) is 5.10 Å². The highest BCUT2D eigenvalue weighted by Gasteiger charge is 2.19. The number of aryl methyl sites for hydroxylation is 1. The highest BCUT2D eigenvalue weighted by atomic mass is 16.6. The molecule has 0 aliphatic rings. The quantitative estimate of drug-likeness (QED) is 0.353. The Bertz CT molecular complexity index is 1140. The average molecular weight is 386 g/mol. The summed E-state index contributed by atoms with van der Waals surface area (Å²) in [6.45, 7) is 1.83. The smallest absolute Gasteiger partial charge is 0.406 e. The molecule has 0 N–H and O–H groups in total. The molecule has 4 rings (SSSR count). The fourth-order valence-electron chi connectivity index (χ4n) is 3.00. The van der Waals surface area contributed by atoms with Crippen LogP contribution in [0.15, 0.2) is 79.0 Å². The van der Waals surface area contributed by atoms with Gasteiger partial charge in [0.25, 0.3) is 0 Å². The van der Waals surface area contributed by atoms with Crippen molar-refractivity contribution in [1.82, 2.24) is 14.8 Å². The van der Waals surface area contributed by atoms with E-state index >= 15 is 0 Å². The Labute approximate surface area is 167 Å². The van der Waals surface area contributed by atoms with Gasteiger partial charge in [0.1, 0.15) is 12.3 Å². The highest BCUT2D eigenvalue weighted by molar-refractivity contribution is 5.63. The van der Waals surface area contributed by atoms with E-state index < -0.39 is 4.92 Å². The number of benzene rings is 2. The molecule has 29 heavy (non-hydrogen) atoms. The second-order valence-corrected chi connectivity index (χ2v) is 6.47. The van der Waals surface area contributed by atoms with Crippen LogP contribution in [0.25, 0.3) is 16.9 Å². The molecular weight excluding hydrogens is 368 g/mol. The van der Waals surface area contributed by atoms with Crippen LogP contribution in [-0.2, 0) is 6.61 Å². The summed E-state index contributed by atoms with van der Waals surface area (Å²) >= 11 is 0. The summed E-state index contributed by atoms with van der Waals surface area (Å²) in [6.07, 6.45) is 1.88. The first-order valence-electron chi connectivity index (χ1n) is 9.06. The Hall–Kier alpha value is -4.00. The van der Waals surface area contributed by atoms with E-state index in [0.29, 0.717) is 5.69 Å². The Morgan fingerprint density at radius 1 is 1.00 bits per heavy atom. The molecule has 2 aromatic heterocycles. The van der Waals surface area contributed by atoms with Crippen molar-refractivity contribution in [3.8, 4) is 22.7 Å². The number of nitro groups is 1. The van der Waals surface area contributed by atoms with E-state index in [1.807, 2.05) is 66.9 Å². The minimum absolute atomic E-state index is 0.128. The topological polar surface area (TPSA) is 83.1 Å². The molecule has 0 aliphatic heterocycles. The van der Waals surface area contributed by atoms with Gasteiger partial charge in [-0.1, -0.05) is 48.5 Å². The SMILES string of the molecule is Cc1ccc(OCc2cn(-c3ccccc3)nc2-c2ccccc2)c([N+](=O)[O-])n1. The third-order valence-corrected chi connectivity index (χ3v) is 4.39. The molecule has 7 heteroatoms. The molecule has 144 valence electrons.